The number of nitrogens with one attached hydrogen (secondary N) is 2. The fourth-order valence-corrected chi connectivity index (χ4v) is 2.97. The Morgan fingerprint density at radius 3 is 2.57 bits per heavy atom. The number of imidazole rings is 1. The number of ether oxygens (including phenoxy) is 1. The Hall–Kier alpha value is -3.19. The summed E-state index contributed by atoms with van der Waals surface area (Å²) in [7, 11) is 1.48. The molecule has 0 aliphatic carbocycles. The van der Waals surface area contributed by atoms with E-state index in [1.807, 2.05) is 60.0 Å². The topological polar surface area (TPSA) is 85.2 Å². The average molecular weight is 380 g/mol. The molecular weight excluding hydrogens is 356 g/mol. The summed E-state index contributed by atoms with van der Waals surface area (Å²) in [5.74, 6) is 0.442. The van der Waals surface area contributed by atoms with Crippen LogP contribution in [0.4, 0.5) is 5.69 Å². The van der Waals surface area contributed by atoms with Gasteiger partial charge in [0.15, 0.2) is 0 Å². The van der Waals surface area contributed by atoms with Crippen LogP contribution in [-0.2, 0) is 27.3 Å². The zero-order chi connectivity index (χ0) is 19.9. The Kier molecular flexibility index (Phi) is 6.39. The summed E-state index contributed by atoms with van der Waals surface area (Å²) in [6, 6.07) is 15.4. The van der Waals surface area contributed by atoms with Crippen LogP contribution in [0.2, 0.25) is 0 Å². The maximum absolute atomic E-state index is 12.6. The molecule has 3 aromatic rings. The summed E-state index contributed by atoms with van der Waals surface area (Å²) in [6.45, 7) is 2.59. The first-order valence-electron chi connectivity index (χ1n) is 9.13. The fraction of sp³-hybridized carbons (Fsp3) is 0.286. The average Bonchev–Trinajstić information content (AvgIpc) is 3.01. The number of amides is 2. The second-order valence-electron chi connectivity index (χ2n) is 6.55. The molecule has 0 radical (unpaired) electrons. The van der Waals surface area contributed by atoms with Gasteiger partial charge in [-0.2, -0.15) is 0 Å². The molecule has 0 saturated carbocycles. The molecule has 146 valence electrons. The number of anilines is 1. The lowest BCUT2D eigenvalue weighted by molar-refractivity contribution is -0.124. The van der Waals surface area contributed by atoms with Gasteiger partial charge in [-0.3, -0.25) is 9.59 Å². The molecule has 1 heterocycles. The molecule has 0 aliphatic rings. The van der Waals surface area contributed by atoms with E-state index in [2.05, 4.69) is 15.6 Å². The number of para-hydroxylation sites is 2. The van der Waals surface area contributed by atoms with E-state index in [0.717, 1.165) is 28.1 Å². The number of aryl methyl sites for hydroxylation is 1. The number of hydrogen-bond acceptors (Lipinski definition) is 4. The highest BCUT2D eigenvalue weighted by molar-refractivity contribution is 5.91. The van der Waals surface area contributed by atoms with E-state index < -0.39 is 0 Å². The van der Waals surface area contributed by atoms with Crippen molar-refractivity contribution in [2.45, 2.75) is 19.9 Å². The van der Waals surface area contributed by atoms with Crippen LogP contribution in [0.1, 0.15) is 11.4 Å². The molecule has 0 aliphatic heterocycles. The van der Waals surface area contributed by atoms with Crippen molar-refractivity contribution in [3.05, 3.63) is 59.9 Å². The molecular formula is C21H24N4O3. The third-order valence-electron chi connectivity index (χ3n) is 4.32. The van der Waals surface area contributed by atoms with Crippen molar-refractivity contribution in [1.29, 1.82) is 0 Å². The minimum Gasteiger partial charge on any atom is -0.375 e. The molecule has 0 spiro atoms. The number of aromatic nitrogens is 2. The summed E-state index contributed by atoms with van der Waals surface area (Å²) in [6.07, 6.45) is 0.516. The summed E-state index contributed by atoms with van der Waals surface area (Å²) in [5.41, 5.74) is 3.61. The normalized spacial score (nSPS) is 10.8. The van der Waals surface area contributed by atoms with Crippen LogP contribution in [-0.4, -0.2) is 41.6 Å². The molecule has 0 bridgehead atoms. The zero-order valence-corrected chi connectivity index (χ0v) is 16.1. The number of hydrogen-bond donors (Lipinski definition) is 2. The van der Waals surface area contributed by atoms with Crippen LogP contribution in [0.5, 0.6) is 0 Å². The molecule has 7 heteroatoms. The van der Waals surface area contributed by atoms with Gasteiger partial charge >= 0.3 is 0 Å². The van der Waals surface area contributed by atoms with Crippen LogP contribution in [0.3, 0.4) is 0 Å². The van der Waals surface area contributed by atoms with Crippen LogP contribution < -0.4 is 10.6 Å². The Morgan fingerprint density at radius 1 is 1.07 bits per heavy atom. The van der Waals surface area contributed by atoms with E-state index in [4.69, 9.17) is 4.74 Å². The Balaban J connectivity index is 1.73. The summed E-state index contributed by atoms with van der Waals surface area (Å²) >= 11 is 0. The molecule has 28 heavy (non-hydrogen) atoms. The number of fused-ring (bicyclic) bond motifs is 1. The van der Waals surface area contributed by atoms with Gasteiger partial charge in [0.05, 0.1) is 11.0 Å². The Morgan fingerprint density at radius 2 is 1.82 bits per heavy atom. The maximum atomic E-state index is 12.6. The van der Waals surface area contributed by atoms with Crippen molar-refractivity contribution in [1.82, 2.24) is 14.9 Å². The smallest absolute Gasteiger partial charge is 0.245 e. The predicted molar refractivity (Wildman–Crippen MR) is 108 cm³/mol. The van der Waals surface area contributed by atoms with Crippen molar-refractivity contribution in [3.8, 4) is 0 Å². The van der Waals surface area contributed by atoms with Gasteiger partial charge < -0.3 is 19.9 Å². The van der Waals surface area contributed by atoms with E-state index in [0.29, 0.717) is 13.0 Å². The lowest BCUT2D eigenvalue weighted by Crippen LogP contribution is -2.30. The second kappa shape index (κ2) is 9.14. The Labute approximate surface area is 163 Å². The number of carbonyl (C=O) groups is 2. The van der Waals surface area contributed by atoms with Gasteiger partial charge in [0, 0.05) is 25.8 Å². The van der Waals surface area contributed by atoms with Gasteiger partial charge in [-0.05, 0) is 31.2 Å². The monoisotopic (exact) mass is 380 g/mol. The van der Waals surface area contributed by atoms with Crippen LogP contribution >= 0.6 is 0 Å². The number of benzene rings is 2. The predicted octanol–water partition coefficient (Wildman–Crippen LogP) is 2.29. The first kappa shape index (κ1) is 19.6. The first-order valence-corrected chi connectivity index (χ1v) is 9.13. The minimum atomic E-state index is -0.178. The van der Waals surface area contributed by atoms with E-state index in [1.165, 1.54) is 7.11 Å². The van der Waals surface area contributed by atoms with Crippen LogP contribution in [0.25, 0.3) is 11.0 Å². The molecule has 0 unspecified atom stereocenters. The fourth-order valence-electron chi connectivity index (χ4n) is 2.97. The summed E-state index contributed by atoms with van der Waals surface area (Å²) in [5, 5.41) is 5.70. The highest BCUT2D eigenvalue weighted by Gasteiger charge is 2.14. The largest absolute Gasteiger partial charge is 0.375 e. The SMILES string of the molecule is COCC(=O)NCCc1nc2ccccc2n1CC(=O)Nc1ccc(C)cc1. The second-order valence-corrected chi connectivity index (χ2v) is 6.55. The summed E-state index contributed by atoms with van der Waals surface area (Å²) < 4.78 is 6.70. The van der Waals surface area contributed by atoms with Crippen molar-refractivity contribution in [3.63, 3.8) is 0 Å². The van der Waals surface area contributed by atoms with E-state index in [9.17, 15) is 9.59 Å². The van der Waals surface area contributed by atoms with E-state index in [1.54, 1.807) is 0 Å². The molecule has 2 N–H and O–H groups in total. The molecule has 0 atom stereocenters. The highest BCUT2D eigenvalue weighted by Crippen LogP contribution is 2.17. The van der Waals surface area contributed by atoms with E-state index >= 15 is 0 Å². The maximum Gasteiger partial charge on any atom is 0.245 e. The van der Waals surface area contributed by atoms with Crippen molar-refractivity contribution in [2.75, 3.05) is 25.6 Å². The minimum absolute atomic E-state index is 0.0232. The van der Waals surface area contributed by atoms with Gasteiger partial charge in [0.25, 0.3) is 0 Å². The third kappa shape index (κ3) is 4.95. The number of rotatable bonds is 8. The van der Waals surface area contributed by atoms with Gasteiger partial charge in [-0.1, -0.05) is 29.8 Å². The molecule has 1 aromatic heterocycles. The standard InChI is InChI=1S/C21H24N4O3/c1-15-7-9-16(10-8-15)23-20(26)13-25-18-6-4-3-5-17(18)24-19(25)11-12-22-21(27)14-28-2/h3-10H,11-14H2,1-2H3,(H,22,27)(H,23,26). The van der Waals surface area contributed by atoms with Crippen LogP contribution in [0, 0.1) is 6.92 Å². The first-order chi connectivity index (χ1) is 13.6. The third-order valence-corrected chi connectivity index (χ3v) is 4.32. The number of nitrogens with zero attached hydrogens (tertiary/aromatic N) is 2. The quantitative estimate of drug-likeness (QED) is 0.628. The van der Waals surface area contributed by atoms with E-state index in [-0.39, 0.29) is 25.0 Å². The molecule has 7 nitrogen and oxygen atoms in total. The van der Waals surface area contributed by atoms with Gasteiger partial charge in [0.1, 0.15) is 19.0 Å². The number of methoxy groups -OCH3 is 1. The number of carbonyl (C=O) groups excluding carboxylic acids is 2. The molecule has 0 fully saturated rings. The van der Waals surface area contributed by atoms with Gasteiger partial charge in [0.2, 0.25) is 11.8 Å². The summed E-state index contributed by atoms with van der Waals surface area (Å²) in [4.78, 5) is 28.8. The molecule has 2 aromatic carbocycles. The zero-order valence-electron chi connectivity index (χ0n) is 16.1. The lowest BCUT2D eigenvalue weighted by Gasteiger charge is -2.11. The van der Waals surface area contributed by atoms with Gasteiger partial charge in [-0.15, -0.1) is 0 Å². The lowest BCUT2D eigenvalue weighted by atomic mass is 10.2. The molecule has 0 saturated heterocycles. The van der Waals surface area contributed by atoms with Crippen molar-refractivity contribution in [2.24, 2.45) is 0 Å². The molecule has 3 rings (SSSR count). The Bertz CT molecular complexity index is 963. The van der Waals surface area contributed by atoms with Crippen LogP contribution in [0.15, 0.2) is 48.5 Å². The highest BCUT2D eigenvalue weighted by atomic mass is 16.5. The van der Waals surface area contributed by atoms with Crippen molar-refractivity contribution < 1.29 is 14.3 Å². The van der Waals surface area contributed by atoms with Gasteiger partial charge in [-0.25, -0.2) is 4.98 Å². The van der Waals surface area contributed by atoms with Crippen molar-refractivity contribution >= 4 is 28.5 Å². The molecule has 2 amide bonds.